The van der Waals surface area contributed by atoms with Gasteiger partial charge in [-0.25, -0.2) is 0 Å². The van der Waals surface area contributed by atoms with Crippen LogP contribution in [-0.2, 0) is 14.3 Å². The summed E-state index contributed by atoms with van der Waals surface area (Å²) in [7, 11) is 0. The lowest BCUT2D eigenvalue weighted by Crippen LogP contribution is -1.93. The number of unbranched alkanes of at least 4 members (excludes halogenated alkanes) is 9. The van der Waals surface area contributed by atoms with Crippen LogP contribution < -0.4 is 0 Å². The number of carbonyl (C=O) groups is 1. The van der Waals surface area contributed by atoms with E-state index in [4.69, 9.17) is 14.6 Å². The van der Waals surface area contributed by atoms with Gasteiger partial charge in [0.2, 0.25) is 12.1 Å². The Bertz CT molecular complexity index is 458. The second-order valence-electron chi connectivity index (χ2n) is 6.58. The van der Waals surface area contributed by atoms with Crippen molar-refractivity contribution in [1.82, 2.24) is 0 Å². The molecule has 0 unspecified atom stereocenters. The first kappa shape index (κ1) is 18.9. The van der Waals surface area contributed by atoms with Crippen LogP contribution in [-0.4, -0.2) is 23.2 Å². The molecule has 0 aromatic rings. The summed E-state index contributed by atoms with van der Waals surface area (Å²) in [5, 5.41) is 8.54. The molecule has 2 heterocycles. The molecule has 24 heavy (non-hydrogen) atoms. The number of carboxylic acid groups (broad SMARTS) is 1. The third-order valence-corrected chi connectivity index (χ3v) is 4.36. The third kappa shape index (κ3) is 7.93. The Balaban J connectivity index is 1.28. The lowest BCUT2D eigenvalue weighted by Gasteiger charge is -2.01. The Labute approximate surface area is 145 Å². The third-order valence-electron chi connectivity index (χ3n) is 4.36. The Morgan fingerprint density at radius 2 is 1.38 bits per heavy atom. The number of aliphatic carboxylic acids is 1. The number of hydrogen-bond donors (Lipinski definition) is 1. The fourth-order valence-corrected chi connectivity index (χ4v) is 2.70. The van der Waals surface area contributed by atoms with E-state index in [1.807, 2.05) is 24.3 Å². The van der Waals surface area contributed by atoms with E-state index in [1.165, 1.54) is 44.9 Å². The molecule has 0 aliphatic carbocycles. The molecule has 0 amide bonds. The molecule has 1 N–H and O–H groups in total. The monoisotopic (exact) mass is 334 g/mol. The van der Waals surface area contributed by atoms with Crippen molar-refractivity contribution in [2.24, 2.45) is 0 Å². The molecule has 2 aliphatic heterocycles. The molecule has 0 radical (unpaired) electrons. The smallest absolute Gasteiger partial charge is 0.303 e. The molecule has 0 bridgehead atoms. The van der Waals surface area contributed by atoms with Gasteiger partial charge in [0.1, 0.15) is 0 Å². The van der Waals surface area contributed by atoms with E-state index in [0.29, 0.717) is 6.42 Å². The average Bonchev–Trinajstić information content (AvgIpc) is 3.40. The Morgan fingerprint density at radius 1 is 0.833 bits per heavy atom. The molecule has 2 rings (SSSR count). The average molecular weight is 334 g/mol. The SMILES string of the molecule is O=C(O)CCCCCCCCCCCC=CC=CC=CC12OC1O2. The zero-order valence-electron chi connectivity index (χ0n) is 14.5. The molecule has 0 atom stereocenters. The highest BCUT2D eigenvalue weighted by Gasteiger charge is 2.75. The van der Waals surface area contributed by atoms with E-state index < -0.39 is 5.97 Å². The molecule has 0 spiro atoms. The molecule has 2 saturated heterocycles. The molecule has 2 aliphatic rings. The van der Waals surface area contributed by atoms with Crippen LogP contribution in [0.3, 0.4) is 0 Å². The summed E-state index contributed by atoms with van der Waals surface area (Å²) in [4.78, 5) is 10.4. The maximum atomic E-state index is 10.4. The fraction of sp³-hybridized carbons (Fsp3) is 0.650. The van der Waals surface area contributed by atoms with Crippen molar-refractivity contribution in [3.63, 3.8) is 0 Å². The summed E-state index contributed by atoms with van der Waals surface area (Å²) < 4.78 is 10.3. The van der Waals surface area contributed by atoms with Crippen molar-refractivity contribution in [2.75, 3.05) is 0 Å². The largest absolute Gasteiger partial charge is 0.481 e. The minimum Gasteiger partial charge on any atom is -0.481 e. The molecular weight excluding hydrogens is 304 g/mol. The van der Waals surface area contributed by atoms with Crippen LogP contribution in [0.25, 0.3) is 0 Å². The summed E-state index contributed by atoms with van der Waals surface area (Å²) in [5.74, 6) is -0.999. The molecule has 2 fully saturated rings. The Hall–Kier alpha value is -1.39. The predicted octanol–water partition coefficient (Wildman–Crippen LogP) is 5.11. The van der Waals surface area contributed by atoms with Crippen molar-refractivity contribution in [1.29, 1.82) is 0 Å². The molecule has 134 valence electrons. The van der Waals surface area contributed by atoms with E-state index in [0.717, 1.165) is 19.3 Å². The van der Waals surface area contributed by atoms with Crippen LogP contribution in [0.2, 0.25) is 0 Å². The van der Waals surface area contributed by atoms with Gasteiger partial charge in [-0.2, -0.15) is 0 Å². The maximum absolute atomic E-state index is 10.4. The first-order valence-electron chi connectivity index (χ1n) is 9.31. The number of allylic oxidation sites excluding steroid dienone is 5. The summed E-state index contributed by atoms with van der Waals surface area (Å²) in [6, 6.07) is 0. The highest BCUT2D eigenvalue weighted by Crippen LogP contribution is 2.56. The number of hydrogen-bond acceptors (Lipinski definition) is 3. The van der Waals surface area contributed by atoms with Crippen molar-refractivity contribution in [3.05, 3.63) is 36.5 Å². The lowest BCUT2D eigenvalue weighted by molar-refractivity contribution is -0.137. The van der Waals surface area contributed by atoms with Gasteiger partial charge in [-0.05, 0) is 25.3 Å². The van der Waals surface area contributed by atoms with Gasteiger partial charge in [-0.3, -0.25) is 4.79 Å². The number of rotatable bonds is 15. The summed E-state index contributed by atoms with van der Waals surface area (Å²) in [5.41, 5.74) is 0. The van der Waals surface area contributed by atoms with Crippen LogP contribution in [0.4, 0.5) is 0 Å². The van der Waals surface area contributed by atoms with Gasteiger partial charge >= 0.3 is 5.97 Å². The van der Waals surface area contributed by atoms with Gasteiger partial charge in [-0.15, -0.1) is 0 Å². The Kier molecular flexibility index (Phi) is 8.26. The predicted molar refractivity (Wildman–Crippen MR) is 94.5 cm³/mol. The fourth-order valence-electron chi connectivity index (χ4n) is 2.70. The van der Waals surface area contributed by atoms with Gasteiger partial charge in [0.15, 0.2) is 0 Å². The van der Waals surface area contributed by atoms with Crippen LogP contribution in [0.1, 0.15) is 70.6 Å². The topological polar surface area (TPSA) is 62.4 Å². The van der Waals surface area contributed by atoms with Crippen molar-refractivity contribution < 1.29 is 19.4 Å². The Morgan fingerprint density at radius 3 is 1.96 bits per heavy atom. The standard InChI is InChI=1S/C20H30O4/c21-18(22)16-14-12-10-8-6-4-2-1-3-5-7-9-11-13-15-17-20-19(23-20)24-20/h7,9,11,13,15,17,19H,1-6,8,10,12,14,16H2,(H,21,22). The summed E-state index contributed by atoms with van der Waals surface area (Å²) in [6.07, 6.45) is 24.6. The van der Waals surface area contributed by atoms with Gasteiger partial charge in [-0.1, -0.05) is 75.3 Å². The first-order chi connectivity index (χ1) is 11.7. The molecule has 0 aromatic heterocycles. The van der Waals surface area contributed by atoms with E-state index >= 15 is 0 Å². The molecule has 0 aromatic carbocycles. The van der Waals surface area contributed by atoms with Gasteiger partial charge in [0, 0.05) is 6.42 Å². The molecular formula is C20H30O4. The lowest BCUT2D eigenvalue weighted by atomic mass is 10.1. The van der Waals surface area contributed by atoms with E-state index in [1.54, 1.807) is 0 Å². The zero-order chi connectivity index (χ0) is 17.1. The van der Waals surface area contributed by atoms with E-state index in [-0.39, 0.29) is 12.1 Å². The number of epoxide rings is 2. The van der Waals surface area contributed by atoms with Gasteiger partial charge in [0.25, 0.3) is 0 Å². The quantitative estimate of drug-likeness (QED) is 0.257. The van der Waals surface area contributed by atoms with Crippen molar-refractivity contribution in [2.45, 2.75) is 82.7 Å². The molecule has 4 nitrogen and oxygen atoms in total. The second-order valence-corrected chi connectivity index (χ2v) is 6.58. The normalized spacial score (nSPS) is 24.9. The van der Waals surface area contributed by atoms with Crippen LogP contribution in [0, 0.1) is 0 Å². The number of ether oxygens (including phenoxy) is 2. The zero-order valence-corrected chi connectivity index (χ0v) is 14.5. The van der Waals surface area contributed by atoms with Crippen molar-refractivity contribution >= 4 is 5.97 Å². The minimum absolute atomic E-state index is 0.0506. The van der Waals surface area contributed by atoms with Crippen LogP contribution in [0.5, 0.6) is 0 Å². The van der Waals surface area contributed by atoms with Crippen molar-refractivity contribution in [3.8, 4) is 0 Å². The van der Waals surface area contributed by atoms with Gasteiger partial charge in [0.05, 0.1) is 0 Å². The maximum Gasteiger partial charge on any atom is 0.303 e. The molecule has 4 heteroatoms. The van der Waals surface area contributed by atoms with Gasteiger partial charge < -0.3 is 14.6 Å². The van der Waals surface area contributed by atoms with Crippen LogP contribution >= 0.6 is 0 Å². The number of fused-ring (bicyclic) bond motifs is 1. The second kappa shape index (κ2) is 10.5. The first-order valence-corrected chi connectivity index (χ1v) is 9.31. The minimum atomic E-state index is -0.672. The van der Waals surface area contributed by atoms with Crippen LogP contribution in [0.15, 0.2) is 36.5 Å². The summed E-state index contributed by atoms with van der Waals surface area (Å²) in [6.45, 7) is 0. The number of carboxylic acids is 1. The van der Waals surface area contributed by atoms with E-state index in [2.05, 4.69) is 12.2 Å². The summed E-state index contributed by atoms with van der Waals surface area (Å²) >= 11 is 0. The molecule has 0 saturated carbocycles. The highest BCUT2D eigenvalue weighted by atomic mass is 17.0. The van der Waals surface area contributed by atoms with E-state index in [9.17, 15) is 4.79 Å². The highest BCUT2D eigenvalue weighted by molar-refractivity contribution is 5.66.